The Balaban J connectivity index is 2.04. The molecule has 0 amide bonds. The van der Waals surface area contributed by atoms with Crippen LogP contribution in [-0.2, 0) is 6.54 Å². The smallest absolute Gasteiger partial charge is 0.0820 e. The van der Waals surface area contributed by atoms with Crippen molar-refractivity contribution in [1.82, 2.24) is 15.1 Å². The minimum Gasteiger partial charge on any atom is -0.316 e. The van der Waals surface area contributed by atoms with Crippen molar-refractivity contribution in [3.05, 3.63) is 16.9 Å². The Morgan fingerprint density at radius 1 is 1.45 bits per heavy atom. The van der Waals surface area contributed by atoms with Crippen LogP contribution in [0, 0.1) is 11.8 Å². The van der Waals surface area contributed by atoms with Gasteiger partial charge in [-0.25, -0.2) is 0 Å². The Kier molecular flexibility index (Phi) is 5.91. The molecule has 2 unspecified atom stereocenters. The fourth-order valence-electron chi connectivity index (χ4n) is 3.33. The zero-order valence-electron chi connectivity index (χ0n) is 13.0. The highest BCUT2D eigenvalue weighted by atomic mass is 35.5. The van der Waals surface area contributed by atoms with Crippen LogP contribution in [0.25, 0.3) is 0 Å². The van der Waals surface area contributed by atoms with Crippen molar-refractivity contribution in [3.8, 4) is 0 Å². The fraction of sp³-hybridized carbons (Fsp3) is 0.812. The Morgan fingerprint density at radius 3 is 2.95 bits per heavy atom. The van der Waals surface area contributed by atoms with E-state index in [1.807, 2.05) is 6.20 Å². The molecule has 1 aliphatic rings. The molecule has 2 atom stereocenters. The highest BCUT2D eigenvalue weighted by Gasteiger charge is 2.32. The molecule has 0 bridgehead atoms. The minimum atomic E-state index is 0.580. The number of rotatable bonds is 7. The molecule has 0 saturated heterocycles. The maximum atomic E-state index is 6.41. The van der Waals surface area contributed by atoms with Gasteiger partial charge >= 0.3 is 0 Å². The Morgan fingerprint density at radius 2 is 2.25 bits per heavy atom. The van der Waals surface area contributed by atoms with E-state index in [4.69, 9.17) is 11.6 Å². The van der Waals surface area contributed by atoms with Crippen LogP contribution < -0.4 is 5.32 Å². The lowest BCUT2D eigenvalue weighted by Crippen LogP contribution is -2.28. The van der Waals surface area contributed by atoms with Crippen molar-refractivity contribution in [1.29, 1.82) is 0 Å². The van der Waals surface area contributed by atoms with Gasteiger partial charge in [0, 0.05) is 12.5 Å². The largest absolute Gasteiger partial charge is 0.316 e. The molecular formula is C16H28ClN3. The molecule has 0 aromatic carbocycles. The van der Waals surface area contributed by atoms with Gasteiger partial charge in [-0.2, -0.15) is 5.10 Å². The number of aryl methyl sites for hydroxylation is 1. The van der Waals surface area contributed by atoms with E-state index in [9.17, 15) is 0 Å². The van der Waals surface area contributed by atoms with Crippen LogP contribution in [-0.4, -0.2) is 22.9 Å². The molecule has 1 aromatic heterocycles. The third-order valence-electron chi connectivity index (χ3n) is 4.24. The van der Waals surface area contributed by atoms with E-state index in [-0.39, 0.29) is 0 Å². The van der Waals surface area contributed by atoms with Crippen LogP contribution in [0.5, 0.6) is 0 Å². The van der Waals surface area contributed by atoms with Gasteiger partial charge in [-0.05, 0) is 44.2 Å². The topological polar surface area (TPSA) is 29.9 Å². The molecule has 1 aromatic rings. The standard InChI is InChI=1S/C16H28ClN3/c1-4-8-20-16(15(17)11-19-20)14-7-5-6-13(14)10-18-9-12(2)3/h11-14,18H,4-10H2,1-3H3. The molecule has 114 valence electrons. The van der Waals surface area contributed by atoms with E-state index in [2.05, 4.69) is 35.9 Å². The third-order valence-corrected chi connectivity index (χ3v) is 4.53. The van der Waals surface area contributed by atoms with Crippen molar-refractivity contribution in [3.63, 3.8) is 0 Å². The van der Waals surface area contributed by atoms with Crippen molar-refractivity contribution >= 4 is 11.6 Å². The van der Waals surface area contributed by atoms with Crippen LogP contribution in [0.2, 0.25) is 5.02 Å². The molecule has 1 fully saturated rings. The zero-order valence-corrected chi connectivity index (χ0v) is 13.8. The van der Waals surface area contributed by atoms with Gasteiger partial charge in [0.25, 0.3) is 0 Å². The van der Waals surface area contributed by atoms with Crippen molar-refractivity contribution < 1.29 is 0 Å². The van der Waals surface area contributed by atoms with Gasteiger partial charge in [0.05, 0.1) is 16.9 Å². The summed E-state index contributed by atoms with van der Waals surface area (Å²) in [5, 5.41) is 8.93. The fourth-order valence-corrected chi connectivity index (χ4v) is 3.61. The zero-order chi connectivity index (χ0) is 14.5. The van der Waals surface area contributed by atoms with Gasteiger partial charge in [0.2, 0.25) is 0 Å². The number of halogens is 1. The van der Waals surface area contributed by atoms with Gasteiger partial charge < -0.3 is 5.32 Å². The molecule has 1 saturated carbocycles. The first-order chi connectivity index (χ1) is 9.63. The highest BCUT2D eigenvalue weighted by molar-refractivity contribution is 6.31. The summed E-state index contributed by atoms with van der Waals surface area (Å²) in [6.07, 6.45) is 6.80. The molecule has 1 heterocycles. The predicted molar refractivity (Wildman–Crippen MR) is 85.3 cm³/mol. The van der Waals surface area contributed by atoms with Gasteiger partial charge in [-0.3, -0.25) is 4.68 Å². The Hall–Kier alpha value is -0.540. The van der Waals surface area contributed by atoms with Gasteiger partial charge in [-0.15, -0.1) is 0 Å². The number of aromatic nitrogens is 2. The highest BCUT2D eigenvalue weighted by Crippen LogP contribution is 2.41. The normalized spacial score (nSPS) is 22.9. The average molecular weight is 298 g/mol. The van der Waals surface area contributed by atoms with E-state index in [0.29, 0.717) is 17.8 Å². The molecule has 1 aliphatic carbocycles. The summed E-state index contributed by atoms with van der Waals surface area (Å²) in [5.41, 5.74) is 1.28. The number of hydrogen-bond acceptors (Lipinski definition) is 2. The maximum absolute atomic E-state index is 6.41. The van der Waals surface area contributed by atoms with Gasteiger partial charge in [0.1, 0.15) is 0 Å². The monoisotopic (exact) mass is 297 g/mol. The molecule has 0 aliphatic heterocycles. The number of hydrogen-bond donors (Lipinski definition) is 1. The summed E-state index contributed by atoms with van der Waals surface area (Å²) in [6, 6.07) is 0. The summed E-state index contributed by atoms with van der Waals surface area (Å²) < 4.78 is 2.13. The molecular weight excluding hydrogens is 270 g/mol. The average Bonchev–Trinajstić information content (AvgIpc) is 2.97. The lowest BCUT2D eigenvalue weighted by Gasteiger charge is -2.22. The second-order valence-corrected chi connectivity index (χ2v) is 6.86. The summed E-state index contributed by atoms with van der Waals surface area (Å²) >= 11 is 6.41. The third kappa shape index (κ3) is 3.76. The summed E-state index contributed by atoms with van der Waals surface area (Å²) in [7, 11) is 0. The Bertz CT molecular complexity index is 414. The Labute approximate surface area is 128 Å². The molecule has 0 spiro atoms. The van der Waals surface area contributed by atoms with Crippen molar-refractivity contribution in [2.75, 3.05) is 13.1 Å². The second-order valence-electron chi connectivity index (χ2n) is 6.45. The molecule has 4 heteroatoms. The van der Waals surface area contributed by atoms with Gasteiger partial charge in [0.15, 0.2) is 0 Å². The van der Waals surface area contributed by atoms with Crippen LogP contribution in [0.1, 0.15) is 58.1 Å². The van der Waals surface area contributed by atoms with Crippen molar-refractivity contribution in [2.24, 2.45) is 11.8 Å². The second kappa shape index (κ2) is 7.46. The first-order valence-electron chi connectivity index (χ1n) is 8.05. The quantitative estimate of drug-likeness (QED) is 0.822. The summed E-state index contributed by atoms with van der Waals surface area (Å²) in [4.78, 5) is 0. The number of nitrogens with one attached hydrogen (secondary N) is 1. The molecule has 20 heavy (non-hydrogen) atoms. The van der Waals surface area contributed by atoms with Crippen LogP contribution in [0.15, 0.2) is 6.20 Å². The SMILES string of the molecule is CCCn1ncc(Cl)c1C1CCCC1CNCC(C)C. The molecule has 0 radical (unpaired) electrons. The lowest BCUT2D eigenvalue weighted by atomic mass is 9.92. The first-order valence-corrected chi connectivity index (χ1v) is 8.43. The van der Waals surface area contributed by atoms with Crippen molar-refractivity contribution in [2.45, 2.75) is 58.9 Å². The maximum Gasteiger partial charge on any atom is 0.0820 e. The van der Waals surface area contributed by atoms with Crippen LogP contribution in [0.3, 0.4) is 0 Å². The summed E-state index contributed by atoms with van der Waals surface area (Å²) in [5.74, 6) is 2.00. The molecule has 2 rings (SSSR count). The van der Waals surface area contributed by atoms with E-state index >= 15 is 0 Å². The predicted octanol–water partition coefficient (Wildman–Crippen LogP) is 4.08. The molecule has 1 N–H and O–H groups in total. The molecule has 3 nitrogen and oxygen atoms in total. The van der Waals surface area contributed by atoms with Crippen LogP contribution >= 0.6 is 11.6 Å². The summed E-state index contributed by atoms with van der Waals surface area (Å²) in [6.45, 7) is 9.89. The van der Waals surface area contributed by atoms with E-state index in [0.717, 1.165) is 31.1 Å². The minimum absolute atomic E-state index is 0.580. The lowest BCUT2D eigenvalue weighted by molar-refractivity contribution is 0.405. The van der Waals surface area contributed by atoms with E-state index < -0.39 is 0 Å². The van der Waals surface area contributed by atoms with E-state index in [1.54, 1.807) is 0 Å². The number of nitrogens with zero attached hydrogens (tertiary/aromatic N) is 2. The van der Waals surface area contributed by atoms with Gasteiger partial charge in [-0.1, -0.05) is 38.8 Å². The van der Waals surface area contributed by atoms with E-state index in [1.165, 1.54) is 25.0 Å². The first kappa shape index (κ1) is 15.8. The van der Waals surface area contributed by atoms with Crippen LogP contribution in [0.4, 0.5) is 0 Å².